The van der Waals surface area contributed by atoms with E-state index in [9.17, 15) is 9.18 Å². The summed E-state index contributed by atoms with van der Waals surface area (Å²) >= 11 is 7.13. The van der Waals surface area contributed by atoms with Gasteiger partial charge in [0.15, 0.2) is 16.3 Å². The van der Waals surface area contributed by atoms with Crippen molar-refractivity contribution in [3.8, 4) is 11.5 Å². The number of aromatic nitrogens is 1. The highest BCUT2D eigenvalue weighted by Crippen LogP contribution is 2.41. The molecule has 0 saturated carbocycles. The Bertz CT molecular complexity index is 2140. The minimum absolute atomic E-state index is 0.0703. The summed E-state index contributed by atoms with van der Waals surface area (Å²) in [7, 11) is 1.57. The van der Waals surface area contributed by atoms with Gasteiger partial charge in [-0.2, -0.15) is 0 Å². The molecule has 5 nitrogen and oxygen atoms in total. The quantitative estimate of drug-likeness (QED) is 0.169. The average molecular weight is 779 g/mol. The number of ether oxygens (including phenoxy) is 2. The number of benzene rings is 4. The molecule has 0 unspecified atom stereocenters. The molecule has 0 bridgehead atoms. The number of fused-ring (bicyclic) bond motifs is 3. The molecule has 4 aromatic carbocycles. The number of rotatable bonds is 6. The van der Waals surface area contributed by atoms with E-state index in [-0.39, 0.29) is 24.0 Å². The Balaban J connectivity index is 1.33. The number of hydrogen-bond donors (Lipinski definition) is 0. The molecule has 1 aliphatic heterocycles. The summed E-state index contributed by atoms with van der Waals surface area (Å²) in [5.74, 6) is 0.712. The zero-order valence-corrected chi connectivity index (χ0v) is 28.1. The summed E-state index contributed by atoms with van der Waals surface area (Å²) in [5, 5.41) is 0. The van der Waals surface area contributed by atoms with Crippen LogP contribution in [0, 0.1) is 9.39 Å². The molecule has 0 amide bonds. The second-order valence-corrected chi connectivity index (χ2v) is 13.7. The van der Waals surface area contributed by atoms with Crippen molar-refractivity contribution in [1.82, 2.24) is 4.57 Å². The van der Waals surface area contributed by atoms with Gasteiger partial charge in [0.05, 0.1) is 27.0 Å². The van der Waals surface area contributed by atoms with Crippen molar-refractivity contribution < 1.29 is 13.9 Å². The van der Waals surface area contributed by atoms with Crippen LogP contribution in [0.1, 0.15) is 40.3 Å². The molecule has 1 aromatic heterocycles. The van der Waals surface area contributed by atoms with E-state index in [0.29, 0.717) is 26.4 Å². The molecule has 7 rings (SSSR count). The molecule has 0 spiro atoms. The molecular formula is C35H25BrFIN2O3S. The number of allylic oxidation sites excluding steroid dienone is 1. The number of methoxy groups -OCH3 is 1. The summed E-state index contributed by atoms with van der Waals surface area (Å²) in [5.41, 5.74) is 6.78. The van der Waals surface area contributed by atoms with Gasteiger partial charge in [-0.05, 0) is 94.1 Å². The summed E-state index contributed by atoms with van der Waals surface area (Å²) in [6.45, 7) is 0.0703. The minimum atomic E-state index is -0.319. The average Bonchev–Trinajstić information content (AvgIpc) is 3.34. The highest BCUT2D eigenvalue weighted by molar-refractivity contribution is 14.1. The SMILES string of the molecule is COc1cc(/C=c2\sc3n(c2=O)[C@H](c2ccc(Br)cc2)C2=C(N=3)c3ccccc3CC2)cc(I)c1OCc1ccccc1F. The van der Waals surface area contributed by atoms with Gasteiger partial charge in [0.2, 0.25) is 0 Å². The molecule has 44 heavy (non-hydrogen) atoms. The summed E-state index contributed by atoms with van der Waals surface area (Å²) in [6, 6.07) is 26.7. The first-order chi connectivity index (χ1) is 21.4. The predicted octanol–water partition coefficient (Wildman–Crippen LogP) is 7.41. The molecule has 0 saturated heterocycles. The fourth-order valence-corrected chi connectivity index (χ4v) is 7.89. The number of nitrogens with zero attached hydrogens (tertiary/aromatic N) is 2. The van der Waals surface area contributed by atoms with Crippen molar-refractivity contribution in [2.75, 3.05) is 7.11 Å². The van der Waals surface area contributed by atoms with Gasteiger partial charge in [-0.1, -0.05) is 81.9 Å². The lowest BCUT2D eigenvalue weighted by atomic mass is 9.83. The van der Waals surface area contributed by atoms with Crippen molar-refractivity contribution in [3.05, 3.63) is 152 Å². The van der Waals surface area contributed by atoms with Gasteiger partial charge in [0.1, 0.15) is 12.4 Å². The standard InChI is InChI=1S/C35H25BrFIN2O3S/c1-42-29-17-20(16-28(38)33(29)43-19-23-7-3-5-9-27(23)37)18-30-34(41)40-32(22-10-13-24(36)14-11-22)26-15-12-21-6-2-4-8-25(21)31(26)39-35(40)44-30/h2-11,13-14,16-18,32H,12,15,19H2,1H3/b30-18-/t32-/m1/s1. The monoisotopic (exact) mass is 778 g/mol. The van der Waals surface area contributed by atoms with E-state index >= 15 is 0 Å². The van der Waals surface area contributed by atoms with E-state index in [1.165, 1.54) is 23.0 Å². The van der Waals surface area contributed by atoms with Crippen LogP contribution in [-0.4, -0.2) is 11.7 Å². The fourth-order valence-electron chi connectivity index (χ4n) is 5.85. The van der Waals surface area contributed by atoms with Gasteiger partial charge in [-0.15, -0.1) is 0 Å². The number of aryl methyl sites for hydroxylation is 1. The molecule has 0 radical (unpaired) electrons. The van der Waals surface area contributed by atoms with Crippen LogP contribution in [0.25, 0.3) is 11.8 Å². The molecule has 5 aromatic rings. The van der Waals surface area contributed by atoms with Gasteiger partial charge in [0.25, 0.3) is 5.56 Å². The van der Waals surface area contributed by atoms with Crippen molar-refractivity contribution in [2.45, 2.75) is 25.5 Å². The fraction of sp³-hybridized carbons (Fsp3) is 0.143. The predicted molar refractivity (Wildman–Crippen MR) is 183 cm³/mol. The number of halogens is 3. The smallest absolute Gasteiger partial charge is 0.271 e. The molecule has 220 valence electrons. The maximum atomic E-state index is 14.2. The van der Waals surface area contributed by atoms with E-state index in [1.807, 2.05) is 41.0 Å². The second kappa shape index (κ2) is 12.1. The minimum Gasteiger partial charge on any atom is -0.493 e. The summed E-state index contributed by atoms with van der Waals surface area (Å²) in [6.07, 6.45) is 3.63. The van der Waals surface area contributed by atoms with Crippen molar-refractivity contribution >= 4 is 61.6 Å². The Hall–Kier alpha value is -3.54. The van der Waals surface area contributed by atoms with Crippen molar-refractivity contribution in [3.63, 3.8) is 0 Å². The first-order valence-corrected chi connectivity index (χ1v) is 16.7. The zero-order valence-electron chi connectivity index (χ0n) is 23.5. The Kier molecular flexibility index (Phi) is 8.02. The highest BCUT2D eigenvalue weighted by atomic mass is 127. The largest absolute Gasteiger partial charge is 0.493 e. The van der Waals surface area contributed by atoms with Gasteiger partial charge in [-0.25, -0.2) is 9.38 Å². The van der Waals surface area contributed by atoms with Crippen LogP contribution in [0.5, 0.6) is 11.5 Å². The van der Waals surface area contributed by atoms with E-state index < -0.39 is 0 Å². The molecule has 2 aliphatic rings. The van der Waals surface area contributed by atoms with Gasteiger partial charge in [-0.3, -0.25) is 9.36 Å². The maximum absolute atomic E-state index is 14.2. The van der Waals surface area contributed by atoms with E-state index in [4.69, 9.17) is 14.5 Å². The first-order valence-electron chi connectivity index (χ1n) is 14.0. The molecular weight excluding hydrogens is 754 g/mol. The Morgan fingerprint density at radius 1 is 1.07 bits per heavy atom. The molecule has 0 fully saturated rings. The topological polar surface area (TPSA) is 52.8 Å². The summed E-state index contributed by atoms with van der Waals surface area (Å²) in [4.78, 5) is 19.9. The van der Waals surface area contributed by atoms with Crippen LogP contribution < -0.4 is 24.4 Å². The maximum Gasteiger partial charge on any atom is 0.271 e. The van der Waals surface area contributed by atoms with E-state index in [0.717, 1.165) is 48.8 Å². The Morgan fingerprint density at radius 3 is 2.64 bits per heavy atom. The molecule has 1 aliphatic carbocycles. The third kappa shape index (κ3) is 5.35. The van der Waals surface area contributed by atoms with Crippen LogP contribution in [-0.2, 0) is 13.0 Å². The second-order valence-electron chi connectivity index (χ2n) is 10.6. The van der Waals surface area contributed by atoms with Crippen molar-refractivity contribution in [2.24, 2.45) is 4.99 Å². The van der Waals surface area contributed by atoms with E-state index in [2.05, 4.69) is 68.9 Å². The van der Waals surface area contributed by atoms with Gasteiger partial charge >= 0.3 is 0 Å². The highest BCUT2D eigenvalue weighted by Gasteiger charge is 2.32. The van der Waals surface area contributed by atoms with Crippen LogP contribution in [0.2, 0.25) is 0 Å². The molecule has 9 heteroatoms. The van der Waals surface area contributed by atoms with Crippen LogP contribution in [0.15, 0.2) is 105 Å². The van der Waals surface area contributed by atoms with Crippen LogP contribution >= 0.6 is 49.9 Å². The Labute approximate surface area is 279 Å². The lowest BCUT2D eigenvalue weighted by molar-refractivity contribution is 0.277. The van der Waals surface area contributed by atoms with Gasteiger partial charge < -0.3 is 9.47 Å². The van der Waals surface area contributed by atoms with Crippen LogP contribution in [0.4, 0.5) is 4.39 Å². The molecule has 0 N–H and O–H groups in total. The number of hydrogen-bond acceptors (Lipinski definition) is 5. The third-order valence-electron chi connectivity index (χ3n) is 7.94. The Morgan fingerprint density at radius 2 is 1.84 bits per heavy atom. The number of thiazole rings is 1. The molecule has 1 atom stereocenters. The first kappa shape index (κ1) is 29.2. The van der Waals surface area contributed by atoms with Crippen LogP contribution in [0.3, 0.4) is 0 Å². The lowest BCUT2D eigenvalue weighted by Crippen LogP contribution is -2.38. The zero-order chi connectivity index (χ0) is 30.4. The summed E-state index contributed by atoms with van der Waals surface area (Å²) < 4.78 is 30.1. The normalized spacial score (nSPS) is 15.7. The van der Waals surface area contributed by atoms with Gasteiger partial charge in [0, 0.05) is 15.6 Å². The lowest BCUT2D eigenvalue weighted by Gasteiger charge is -2.30. The van der Waals surface area contributed by atoms with Crippen molar-refractivity contribution in [1.29, 1.82) is 0 Å². The third-order valence-corrected chi connectivity index (χ3v) is 10.3. The molecule has 2 heterocycles. The van der Waals surface area contributed by atoms with E-state index in [1.54, 1.807) is 25.3 Å².